The van der Waals surface area contributed by atoms with Crippen LogP contribution in [0.15, 0.2) is 12.1 Å². The van der Waals surface area contributed by atoms with Crippen LogP contribution in [0.1, 0.15) is 20.8 Å². The number of rotatable bonds is 3. The molecule has 0 fully saturated rings. The van der Waals surface area contributed by atoms with Crippen LogP contribution >= 0.6 is 0 Å². The van der Waals surface area contributed by atoms with Gasteiger partial charge in [0.15, 0.2) is 5.69 Å². The summed E-state index contributed by atoms with van der Waals surface area (Å²) < 4.78 is 13.9. The van der Waals surface area contributed by atoms with Crippen LogP contribution in [0.25, 0.3) is 0 Å². The van der Waals surface area contributed by atoms with Crippen LogP contribution in [0, 0.1) is 0 Å². The van der Waals surface area contributed by atoms with Crippen LogP contribution in [-0.4, -0.2) is 38.3 Å². The van der Waals surface area contributed by atoms with Crippen LogP contribution in [0.3, 0.4) is 0 Å². The Morgan fingerprint density at radius 3 is 2.19 bits per heavy atom. The molecule has 0 bridgehead atoms. The molecular formula is C10H11NO5. The molecule has 0 radical (unpaired) electrons. The van der Waals surface area contributed by atoms with Gasteiger partial charge in [-0.1, -0.05) is 0 Å². The maximum absolute atomic E-state index is 11.4. The van der Waals surface area contributed by atoms with E-state index in [9.17, 15) is 9.59 Å². The van der Waals surface area contributed by atoms with Gasteiger partial charge in [0.2, 0.25) is 5.88 Å². The van der Waals surface area contributed by atoms with E-state index in [0.29, 0.717) is 0 Å². The highest BCUT2D eigenvalue weighted by atomic mass is 16.5. The first-order chi connectivity index (χ1) is 7.63. The van der Waals surface area contributed by atoms with E-state index in [0.717, 1.165) is 0 Å². The van der Waals surface area contributed by atoms with E-state index in [1.165, 1.54) is 33.5 Å². The Morgan fingerprint density at radius 2 is 1.69 bits per heavy atom. The lowest BCUT2D eigenvalue weighted by molar-refractivity contribution is 0.0549. The van der Waals surface area contributed by atoms with Gasteiger partial charge in [0.25, 0.3) is 0 Å². The second kappa shape index (κ2) is 5.11. The van der Waals surface area contributed by atoms with Gasteiger partial charge in [-0.05, 0) is 6.07 Å². The fourth-order valence-corrected chi connectivity index (χ4v) is 1.08. The summed E-state index contributed by atoms with van der Waals surface area (Å²) in [7, 11) is 3.82. The zero-order valence-electron chi connectivity index (χ0n) is 9.14. The molecule has 6 nitrogen and oxygen atoms in total. The number of hydrogen-bond donors (Lipinski definition) is 0. The summed E-state index contributed by atoms with van der Waals surface area (Å²) in [5.74, 6) is -1.16. The van der Waals surface area contributed by atoms with Gasteiger partial charge < -0.3 is 14.2 Å². The van der Waals surface area contributed by atoms with Crippen molar-refractivity contribution in [2.75, 3.05) is 21.3 Å². The molecule has 1 aromatic rings. The maximum Gasteiger partial charge on any atom is 0.357 e. The van der Waals surface area contributed by atoms with Crippen molar-refractivity contribution in [2.24, 2.45) is 0 Å². The molecule has 0 saturated carbocycles. The number of carbonyl (C=O) groups excluding carboxylic acids is 2. The predicted octanol–water partition coefficient (Wildman–Crippen LogP) is 0.663. The number of ether oxygens (including phenoxy) is 3. The zero-order chi connectivity index (χ0) is 12.1. The first-order valence-electron chi connectivity index (χ1n) is 4.35. The van der Waals surface area contributed by atoms with Gasteiger partial charge in [-0.25, -0.2) is 14.6 Å². The van der Waals surface area contributed by atoms with Crippen molar-refractivity contribution >= 4 is 11.9 Å². The minimum absolute atomic E-state index is 0.0372. The van der Waals surface area contributed by atoms with Crippen molar-refractivity contribution in [1.82, 2.24) is 4.98 Å². The smallest absolute Gasteiger partial charge is 0.357 e. The van der Waals surface area contributed by atoms with Gasteiger partial charge in [0, 0.05) is 6.07 Å². The average Bonchev–Trinajstić information content (AvgIpc) is 2.36. The van der Waals surface area contributed by atoms with E-state index in [1.54, 1.807) is 0 Å². The lowest BCUT2D eigenvalue weighted by Crippen LogP contribution is -2.14. The molecule has 0 aliphatic rings. The van der Waals surface area contributed by atoms with Crippen molar-refractivity contribution < 1.29 is 23.8 Å². The largest absolute Gasteiger partial charge is 0.481 e. The molecule has 0 aromatic carbocycles. The van der Waals surface area contributed by atoms with Gasteiger partial charge in [0.05, 0.1) is 26.9 Å². The molecule has 86 valence electrons. The molecule has 1 heterocycles. The topological polar surface area (TPSA) is 74.7 Å². The standard InChI is InChI=1S/C10H11NO5/c1-14-7-5-4-6(9(12)15-2)8(11-7)10(13)16-3/h4-5H,1-3H3. The van der Waals surface area contributed by atoms with E-state index >= 15 is 0 Å². The number of carbonyl (C=O) groups is 2. The van der Waals surface area contributed by atoms with Crippen molar-refractivity contribution in [2.45, 2.75) is 0 Å². The second-order valence-corrected chi connectivity index (χ2v) is 2.73. The predicted molar refractivity (Wildman–Crippen MR) is 53.5 cm³/mol. The van der Waals surface area contributed by atoms with Gasteiger partial charge in [-0.2, -0.15) is 0 Å². The summed E-state index contributed by atoms with van der Waals surface area (Å²) in [5, 5.41) is 0. The summed E-state index contributed by atoms with van der Waals surface area (Å²) in [6.45, 7) is 0. The van der Waals surface area contributed by atoms with E-state index < -0.39 is 11.9 Å². The molecule has 0 spiro atoms. The third-order valence-corrected chi connectivity index (χ3v) is 1.86. The third kappa shape index (κ3) is 2.28. The third-order valence-electron chi connectivity index (χ3n) is 1.86. The molecule has 1 rings (SSSR count). The highest BCUT2D eigenvalue weighted by Crippen LogP contribution is 2.14. The number of nitrogens with zero attached hydrogens (tertiary/aromatic N) is 1. The molecule has 0 aliphatic heterocycles. The van der Waals surface area contributed by atoms with Gasteiger partial charge in [0.1, 0.15) is 0 Å². The fraction of sp³-hybridized carbons (Fsp3) is 0.300. The average molecular weight is 225 g/mol. The molecule has 0 saturated heterocycles. The Kier molecular flexibility index (Phi) is 3.82. The summed E-state index contributed by atoms with van der Waals surface area (Å²) in [6, 6.07) is 2.85. The van der Waals surface area contributed by atoms with Crippen molar-refractivity contribution in [3.63, 3.8) is 0 Å². The van der Waals surface area contributed by atoms with Crippen LogP contribution in [0.2, 0.25) is 0 Å². The quantitative estimate of drug-likeness (QED) is 0.703. The molecule has 0 N–H and O–H groups in total. The summed E-state index contributed by atoms with van der Waals surface area (Å²) in [6.07, 6.45) is 0. The normalized spacial score (nSPS) is 9.44. The van der Waals surface area contributed by atoms with Crippen LogP contribution in [-0.2, 0) is 9.47 Å². The molecule has 0 amide bonds. The number of aromatic nitrogens is 1. The highest BCUT2D eigenvalue weighted by molar-refractivity contribution is 6.01. The number of methoxy groups -OCH3 is 3. The summed E-state index contributed by atoms with van der Waals surface area (Å²) in [4.78, 5) is 26.6. The second-order valence-electron chi connectivity index (χ2n) is 2.73. The Labute approximate surface area is 92.1 Å². The van der Waals surface area contributed by atoms with E-state index in [4.69, 9.17) is 4.74 Å². The Bertz CT molecular complexity index is 416. The van der Waals surface area contributed by atoms with Gasteiger partial charge in [-0.3, -0.25) is 0 Å². The van der Waals surface area contributed by atoms with E-state index in [-0.39, 0.29) is 17.1 Å². The number of pyridine rings is 1. The molecule has 0 atom stereocenters. The summed E-state index contributed by atoms with van der Waals surface area (Å²) in [5.41, 5.74) is -0.0937. The lowest BCUT2D eigenvalue weighted by Gasteiger charge is -2.06. The molecule has 6 heteroatoms. The van der Waals surface area contributed by atoms with Crippen LogP contribution in [0.5, 0.6) is 5.88 Å². The Hall–Kier alpha value is -2.11. The Balaban J connectivity index is 3.26. The first-order valence-corrected chi connectivity index (χ1v) is 4.35. The lowest BCUT2D eigenvalue weighted by atomic mass is 10.2. The first kappa shape index (κ1) is 12.0. The van der Waals surface area contributed by atoms with Crippen molar-refractivity contribution in [3.05, 3.63) is 23.4 Å². The van der Waals surface area contributed by atoms with Crippen molar-refractivity contribution in [1.29, 1.82) is 0 Å². The van der Waals surface area contributed by atoms with Crippen LogP contribution in [0.4, 0.5) is 0 Å². The number of esters is 2. The minimum atomic E-state index is -0.723. The van der Waals surface area contributed by atoms with Crippen LogP contribution < -0.4 is 4.74 Å². The molecule has 1 aromatic heterocycles. The SMILES string of the molecule is COC(=O)c1ccc(OC)nc1C(=O)OC. The number of hydrogen-bond acceptors (Lipinski definition) is 6. The summed E-state index contributed by atoms with van der Waals surface area (Å²) >= 11 is 0. The fourth-order valence-electron chi connectivity index (χ4n) is 1.08. The zero-order valence-corrected chi connectivity index (χ0v) is 9.14. The van der Waals surface area contributed by atoms with Gasteiger partial charge in [-0.15, -0.1) is 0 Å². The van der Waals surface area contributed by atoms with E-state index in [2.05, 4.69) is 14.5 Å². The molecule has 0 unspecified atom stereocenters. The highest BCUT2D eigenvalue weighted by Gasteiger charge is 2.20. The minimum Gasteiger partial charge on any atom is -0.481 e. The Morgan fingerprint density at radius 1 is 1.06 bits per heavy atom. The van der Waals surface area contributed by atoms with Gasteiger partial charge >= 0.3 is 11.9 Å². The maximum atomic E-state index is 11.4. The monoisotopic (exact) mass is 225 g/mol. The molecule has 0 aliphatic carbocycles. The van der Waals surface area contributed by atoms with E-state index in [1.807, 2.05) is 0 Å². The van der Waals surface area contributed by atoms with Crippen molar-refractivity contribution in [3.8, 4) is 5.88 Å². The molecular weight excluding hydrogens is 214 g/mol. The molecule has 16 heavy (non-hydrogen) atoms.